The van der Waals surface area contributed by atoms with Crippen molar-refractivity contribution in [3.8, 4) is 0 Å². The summed E-state index contributed by atoms with van der Waals surface area (Å²) < 4.78 is 5.60. The van der Waals surface area contributed by atoms with Crippen LogP contribution in [0.25, 0.3) is 0 Å². The third-order valence-electron chi connectivity index (χ3n) is 3.35. The molecule has 0 atom stereocenters. The molecule has 1 aromatic heterocycles. The van der Waals surface area contributed by atoms with Crippen molar-refractivity contribution in [3.63, 3.8) is 0 Å². The van der Waals surface area contributed by atoms with E-state index in [9.17, 15) is 0 Å². The van der Waals surface area contributed by atoms with Crippen LogP contribution in [-0.2, 0) is 0 Å². The summed E-state index contributed by atoms with van der Waals surface area (Å²) >= 11 is 0. The molecule has 0 unspecified atom stereocenters. The second-order valence-corrected chi connectivity index (χ2v) is 6.71. The summed E-state index contributed by atoms with van der Waals surface area (Å²) in [7, 11) is 3.20. The Hall–Kier alpha value is -1.20. The molecule has 3 rings (SSSR count). The van der Waals surface area contributed by atoms with Crippen LogP contribution in [0.5, 0.6) is 0 Å². The van der Waals surface area contributed by atoms with Gasteiger partial charge in [0.2, 0.25) is 0 Å². The SMILES string of the molecule is Cc1ccc(N=c2ssnc2N2CCCCC2)cc1. The predicted octanol–water partition coefficient (Wildman–Crippen LogP) is 3.74. The molecule has 0 amide bonds. The number of hydrogen-bond donors (Lipinski definition) is 0. The van der Waals surface area contributed by atoms with E-state index in [1.165, 1.54) is 35.4 Å². The number of rotatable bonds is 2. The molecule has 1 aliphatic rings. The monoisotopic (exact) mass is 291 g/mol. The van der Waals surface area contributed by atoms with E-state index in [0.29, 0.717) is 0 Å². The summed E-state index contributed by atoms with van der Waals surface area (Å²) in [5.41, 5.74) is 2.28. The highest BCUT2D eigenvalue weighted by molar-refractivity contribution is 7.66. The smallest absolute Gasteiger partial charge is 0.179 e. The molecule has 0 bridgehead atoms. The van der Waals surface area contributed by atoms with Crippen LogP contribution in [0.2, 0.25) is 0 Å². The van der Waals surface area contributed by atoms with Crippen LogP contribution >= 0.6 is 20.9 Å². The first-order valence-corrected chi connectivity index (χ1v) is 8.76. The number of nitrogens with zero attached hydrogens (tertiary/aromatic N) is 3. The Bertz CT molecular complexity index is 592. The predicted molar refractivity (Wildman–Crippen MR) is 82.5 cm³/mol. The van der Waals surface area contributed by atoms with E-state index in [1.54, 1.807) is 10.3 Å². The number of anilines is 1. The molecule has 0 radical (unpaired) electrons. The Morgan fingerprint density at radius 1 is 1.11 bits per heavy atom. The average molecular weight is 291 g/mol. The standard InChI is InChI=1S/C14H17N3S2/c1-11-5-7-12(8-6-11)15-14-13(16-19-18-14)17-9-3-2-4-10-17/h5-8H,2-4,9-10H2,1H3. The summed E-state index contributed by atoms with van der Waals surface area (Å²) in [6, 6.07) is 8.34. The van der Waals surface area contributed by atoms with E-state index in [0.717, 1.165) is 29.3 Å². The van der Waals surface area contributed by atoms with Gasteiger partial charge < -0.3 is 4.90 Å². The summed E-state index contributed by atoms with van der Waals surface area (Å²) in [5.74, 6) is 1.08. The number of benzene rings is 1. The van der Waals surface area contributed by atoms with Gasteiger partial charge >= 0.3 is 0 Å². The van der Waals surface area contributed by atoms with E-state index in [1.807, 2.05) is 0 Å². The van der Waals surface area contributed by atoms with Gasteiger partial charge in [0.15, 0.2) is 10.5 Å². The largest absolute Gasteiger partial charge is 0.353 e. The van der Waals surface area contributed by atoms with Crippen molar-refractivity contribution in [2.75, 3.05) is 18.0 Å². The number of hydrogen-bond acceptors (Lipinski definition) is 5. The molecule has 1 fully saturated rings. The molecular weight excluding hydrogens is 274 g/mol. The highest BCUT2D eigenvalue weighted by Crippen LogP contribution is 2.19. The molecule has 0 aliphatic carbocycles. The molecule has 2 aromatic rings. The Kier molecular flexibility index (Phi) is 3.94. The molecule has 3 nitrogen and oxygen atoms in total. The van der Waals surface area contributed by atoms with Gasteiger partial charge in [0.1, 0.15) is 0 Å². The lowest BCUT2D eigenvalue weighted by Crippen LogP contribution is -2.32. The van der Waals surface area contributed by atoms with Crippen LogP contribution in [0.1, 0.15) is 24.8 Å². The van der Waals surface area contributed by atoms with Crippen molar-refractivity contribution in [3.05, 3.63) is 34.5 Å². The van der Waals surface area contributed by atoms with Crippen molar-refractivity contribution >= 4 is 32.4 Å². The second kappa shape index (κ2) is 5.84. The maximum Gasteiger partial charge on any atom is 0.179 e. The van der Waals surface area contributed by atoms with E-state index in [4.69, 9.17) is 4.99 Å². The molecule has 2 heterocycles. The van der Waals surface area contributed by atoms with Gasteiger partial charge in [-0.15, -0.1) is 0 Å². The van der Waals surface area contributed by atoms with Gasteiger partial charge in [0.05, 0.1) is 5.69 Å². The lowest BCUT2D eigenvalue weighted by atomic mass is 10.1. The highest BCUT2D eigenvalue weighted by atomic mass is 32.9. The Balaban J connectivity index is 1.92. The molecule has 0 saturated carbocycles. The van der Waals surface area contributed by atoms with Crippen LogP contribution < -0.4 is 9.57 Å². The molecular formula is C14H17N3S2. The van der Waals surface area contributed by atoms with Gasteiger partial charge in [0, 0.05) is 23.6 Å². The first-order valence-electron chi connectivity index (χ1n) is 6.65. The fourth-order valence-electron chi connectivity index (χ4n) is 2.27. The topological polar surface area (TPSA) is 28.5 Å². The van der Waals surface area contributed by atoms with Crippen molar-refractivity contribution in [2.24, 2.45) is 4.99 Å². The van der Waals surface area contributed by atoms with Crippen LogP contribution in [0.3, 0.4) is 0 Å². The molecule has 0 spiro atoms. The van der Waals surface area contributed by atoms with E-state index in [2.05, 4.69) is 40.5 Å². The van der Waals surface area contributed by atoms with Crippen LogP contribution in [0.15, 0.2) is 29.3 Å². The van der Waals surface area contributed by atoms with Crippen molar-refractivity contribution in [1.82, 2.24) is 4.37 Å². The molecule has 100 valence electrons. The minimum Gasteiger partial charge on any atom is -0.353 e. The average Bonchev–Trinajstić information content (AvgIpc) is 2.90. The fraction of sp³-hybridized carbons (Fsp3) is 0.429. The molecule has 1 aromatic carbocycles. The maximum absolute atomic E-state index is 4.74. The summed E-state index contributed by atoms with van der Waals surface area (Å²) in [5, 5.41) is 0. The zero-order chi connectivity index (χ0) is 13.1. The van der Waals surface area contributed by atoms with Gasteiger partial charge in [-0.1, -0.05) is 17.7 Å². The Morgan fingerprint density at radius 2 is 1.84 bits per heavy atom. The van der Waals surface area contributed by atoms with Crippen LogP contribution in [0, 0.1) is 6.92 Å². The highest BCUT2D eigenvalue weighted by Gasteiger charge is 2.15. The third kappa shape index (κ3) is 3.04. The van der Waals surface area contributed by atoms with Gasteiger partial charge in [-0.05, 0) is 48.7 Å². The lowest BCUT2D eigenvalue weighted by molar-refractivity contribution is 0.574. The van der Waals surface area contributed by atoms with Crippen molar-refractivity contribution in [1.29, 1.82) is 0 Å². The quantitative estimate of drug-likeness (QED) is 0.789. The lowest BCUT2D eigenvalue weighted by Gasteiger charge is -2.25. The molecule has 5 heteroatoms. The Morgan fingerprint density at radius 3 is 2.58 bits per heavy atom. The summed E-state index contributed by atoms with van der Waals surface area (Å²) in [6.07, 6.45) is 3.88. The minimum atomic E-state index is 1.01. The zero-order valence-electron chi connectivity index (χ0n) is 11.0. The number of aromatic nitrogens is 1. The summed E-state index contributed by atoms with van der Waals surface area (Å²) in [6.45, 7) is 4.33. The second-order valence-electron chi connectivity index (χ2n) is 4.87. The number of piperidine rings is 1. The van der Waals surface area contributed by atoms with Gasteiger partial charge in [0.25, 0.3) is 0 Å². The van der Waals surface area contributed by atoms with Gasteiger partial charge in [-0.25, -0.2) is 4.99 Å². The maximum atomic E-state index is 4.74. The van der Waals surface area contributed by atoms with Crippen molar-refractivity contribution < 1.29 is 0 Å². The van der Waals surface area contributed by atoms with Gasteiger partial charge in [-0.2, -0.15) is 4.37 Å². The molecule has 0 N–H and O–H groups in total. The van der Waals surface area contributed by atoms with E-state index < -0.39 is 0 Å². The molecule has 19 heavy (non-hydrogen) atoms. The van der Waals surface area contributed by atoms with E-state index >= 15 is 0 Å². The normalized spacial score (nSPS) is 16.9. The zero-order valence-corrected chi connectivity index (χ0v) is 12.6. The first kappa shape index (κ1) is 12.8. The molecule has 1 aliphatic heterocycles. The van der Waals surface area contributed by atoms with Gasteiger partial charge in [-0.3, -0.25) is 0 Å². The third-order valence-corrected chi connectivity index (χ3v) is 5.03. The summed E-state index contributed by atoms with van der Waals surface area (Å²) in [4.78, 5) is 7.12. The minimum absolute atomic E-state index is 1.01. The van der Waals surface area contributed by atoms with E-state index in [-0.39, 0.29) is 0 Å². The van der Waals surface area contributed by atoms with Crippen LogP contribution in [0.4, 0.5) is 11.5 Å². The molecule has 1 saturated heterocycles. The fourth-order valence-corrected chi connectivity index (χ4v) is 3.97. The first-order chi connectivity index (χ1) is 9.33. The Labute approximate surface area is 120 Å². The van der Waals surface area contributed by atoms with Crippen LogP contribution in [-0.4, -0.2) is 17.5 Å². The van der Waals surface area contributed by atoms with Crippen molar-refractivity contribution in [2.45, 2.75) is 26.2 Å². The number of aryl methyl sites for hydroxylation is 1.